The average molecular weight is 398 g/mol. The standard InChI is InChI=1S/C21H22N2O4S/c1-26-18-8-7-17(15-19(18)27-13-12-24)23-11-10-22-20(21(23)25)28-14-9-16-5-3-2-4-6-16/h2-8,10-11,15,24H,9,12-14H2,1H3. The quantitative estimate of drug-likeness (QED) is 0.559. The van der Waals surface area contributed by atoms with Gasteiger partial charge in [-0.15, -0.1) is 11.8 Å². The molecule has 0 bridgehead atoms. The van der Waals surface area contributed by atoms with Gasteiger partial charge >= 0.3 is 0 Å². The zero-order valence-corrected chi connectivity index (χ0v) is 16.4. The Bertz CT molecular complexity index is 960. The number of hydrogen-bond donors (Lipinski definition) is 1. The van der Waals surface area contributed by atoms with Crippen LogP contribution in [0.4, 0.5) is 0 Å². The lowest BCUT2D eigenvalue weighted by Crippen LogP contribution is -2.20. The topological polar surface area (TPSA) is 73.6 Å². The predicted octanol–water partition coefficient (Wildman–Crippen LogP) is 2.95. The molecule has 0 aliphatic rings. The van der Waals surface area contributed by atoms with Gasteiger partial charge in [-0.25, -0.2) is 4.98 Å². The average Bonchev–Trinajstić information content (AvgIpc) is 2.74. The number of ether oxygens (including phenoxy) is 2. The lowest BCUT2D eigenvalue weighted by Gasteiger charge is -2.13. The van der Waals surface area contributed by atoms with E-state index in [1.54, 1.807) is 37.7 Å². The summed E-state index contributed by atoms with van der Waals surface area (Å²) < 4.78 is 12.3. The molecule has 0 spiro atoms. The molecule has 0 saturated heterocycles. The lowest BCUT2D eigenvalue weighted by atomic mass is 10.2. The lowest BCUT2D eigenvalue weighted by molar-refractivity contribution is 0.196. The second-order valence-electron chi connectivity index (χ2n) is 5.90. The van der Waals surface area contributed by atoms with E-state index in [0.29, 0.717) is 22.2 Å². The number of aliphatic hydroxyl groups is 1. The van der Waals surface area contributed by atoms with Gasteiger partial charge < -0.3 is 14.6 Å². The van der Waals surface area contributed by atoms with E-state index in [-0.39, 0.29) is 18.8 Å². The summed E-state index contributed by atoms with van der Waals surface area (Å²) in [4.78, 5) is 17.1. The molecular formula is C21H22N2O4S. The summed E-state index contributed by atoms with van der Waals surface area (Å²) in [7, 11) is 1.54. The number of aliphatic hydroxyl groups excluding tert-OH is 1. The van der Waals surface area contributed by atoms with Crippen molar-refractivity contribution < 1.29 is 14.6 Å². The third-order valence-electron chi connectivity index (χ3n) is 4.06. The van der Waals surface area contributed by atoms with Gasteiger partial charge in [0.05, 0.1) is 19.4 Å². The first-order chi connectivity index (χ1) is 13.7. The maximum Gasteiger partial charge on any atom is 0.287 e. The van der Waals surface area contributed by atoms with Crippen molar-refractivity contribution in [3.05, 3.63) is 76.8 Å². The van der Waals surface area contributed by atoms with Crippen molar-refractivity contribution in [2.75, 3.05) is 26.1 Å². The van der Waals surface area contributed by atoms with Gasteiger partial charge in [0.25, 0.3) is 5.56 Å². The van der Waals surface area contributed by atoms with E-state index < -0.39 is 0 Å². The third kappa shape index (κ3) is 4.94. The Morgan fingerprint density at radius 3 is 2.71 bits per heavy atom. The second kappa shape index (κ2) is 9.96. The van der Waals surface area contributed by atoms with Crippen molar-refractivity contribution in [1.82, 2.24) is 9.55 Å². The highest BCUT2D eigenvalue weighted by atomic mass is 32.2. The minimum Gasteiger partial charge on any atom is -0.493 e. The molecule has 7 heteroatoms. The number of nitrogens with zero attached hydrogens (tertiary/aromatic N) is 2. The van der Waals surface area contributed by atoms with Gasteiger partial charge in [0.15, 0.2) is 16.5 Å². The molecule has 1 N–H and O–H groups in total. The van der Waals surface area contributed by atoms with Gasteiger partial charge in [-0.2, -0.15) is 0 Å². The SMILES string of the molecule is COc1ccc(-n2ccnc(SCCc3ccccc3)c2=O)cc1OCCO. The summed E-state index contributed by atoms with van der Waals surface area (Å²) in [6, 6.07) is 15.4. The fraction of sp³-hybridized carbons (Fsp3) is 0.238. The zero-order valence-electron chi connectivity index (χ0n) is 15.6. The first kappa shape index (κ1) is 20.0. The van der Waals surface area contributed by atoms with E-state index in [9.17, 15) is 4.79 Å². The first-order valence-corrected chi connectivity index (χ1v) is 9.88. The summed E-state index contributed by atoms with van der Waals surface area (Å²) in [5.41, 5.74) is 1.69. The normalized spacial score (nSPS) is 10.6. The molecule has 146 valence electrons. The highest BCUT2D eigenvalue weighted by Crippen LogP contribution is 2.29. The molecule has 6 nitrogen and oxygen atoms in total. The van der Waals surface area contributed by atoms with Crippen LogP contribution in [0.25, 0.3) is 5.69 Å². The van der Waals surface area contributed by atoms with Crippen molar-refractivity contribution in [2.24, 2.45) is 0 Å². The summed E-state index contributed by atoms with van der Waals surface area (Å²) in [5, 5.41) is 9.44. The van der Waals surface area contributed by atoms with Crippen LogP contribution in [0, 0.1) is 0 Å². The van der Waals surface area contributed by atoms with Crippen LogP contribution in [0.5, 0.6) is 11.5 Å². The molecule has 3 rings (SSSR count). The molecule has 28 heavy (non-hydrogen) atoms. The Morgan fingerprint density at radius 2 is 1.96 bits per heavy atom. The Labute approximate surface area is 167 Å². The van der Waals surface area contributed by atoms with Crippen LogP contribution in [-0.4, -0.2) is 40.7 Å². The fourth-order valence-corrected chi connectivity index (χ4v) is 3.58. The molecule has 1 heterocycles. The van der Waals surface area contributed by atoms with Crippen LogP contribution in [0.2, 0.25) is 0 Å². The Morgan fingerprint density at radius 1 is 1.14 bits per heavy atom. The van der Waals surface area contributed by atoms with Gasteiger partial charge in [-0.1, -0.05) is 30.3 Å². The number of aromatic nitrogens is 2. The number of rotatable bonds is 9. The minimum absolute atomic E-state index is 0.106. The van der Waals surface area contributed by atoms with Gasteiger partial charge in [-0.05, 0) is 24.1 Å². The largest absolute Gasteiger partial charge is 0.493 e. The van der Waals surface area contributed by atoms with Crippen molar-refractivity contribution in [3.63, 3.8) is 0 Å². The number of methoxy groups -OCH3 is 1. The van der Waals surface area contributed by atoms with E-state index in [1.807, 2.05) is 18.2 Å². The van der Waals surface area contributed by atoms with Crippen molar-refractivity contribution in [2.45, 2.75) is 11.4 Å². The van der Waals surface area contributed by atoms with Gasteiger partial charge in [0, 0.05) is 24.2 Å². The van der Waals surface area contributed by atoms with E-state index in [4.69, 9.17) is 14.6 Å². The Kier molecular flexibility index (Phi) is 7.11. The Hall–Kier alpha value is -2.77. The third-order valence-corrected chi connectivity index (χ3v) is 5.02. The number of hydrogen-bond acceptors (Lipinski definition) is 6. The summed E-state index contributed by atoms with van der Waals surface area (Å²) in [5.74, 6) is 1.77. The molecule has 0 aliphatic heterocycles. The molecule has 3 aromatic rings. The van der Waals surface area contributed by atoms with Gasteiger partial charge in [-0.3, -0.25) is 9.36 Å². The Balaban J connectivity index is 1.79. The molecule has 2 aromatic carbocycles. The maximum atomic E-state index is 12.9. The van der Waals surface area contributed by atoms with Crippen LogP contribution >= 0.6 is 11.8 Å². The first-order valence-electron chi connectivity index (χ1n) is 8.89. The molecule has 0 unspecified atom stereocenters. The number of aryl methyl sites for hydroxylation is 1. The summed E-state index contributed by atoms with van der Waals surface area (Å²) in [6.07, 6.45) is 4.11. The van der Waals surface area contributed by atoms with Crippen LogP contribution in [-0.2, 0) is 6.42 Å². The summed E-state index contributed by atoms with van der Waals surface area (Å²) in [6.45, 7) is 0.0381. The molecular weight excluding hydrogens is 376 g/mol. The molecule has 0 saturated carbocycles. The smallest absolute Gasteiger partial charge is 0.287 e. The molecule has 0 aliphatic carbocycles. The second-order valence-corrected chi connectivity index (χ2v) is 6.98. The molecule has 0 atom stereocenters. The van der Waals surface area contributed by atoms with E-state index in [1.165, 1.54) is 21.9 Å². The van der Waals surface area contributed by atoms with Crippen LogP contribution in [0.3, 0.4) is 0 Å². The maximum absolute atomic E-state index is 12.9. The number of benzene rings is 2. The van der Waals surface area contributed by atoms with Crippen molar-refractivity contribution >= 4 is 11.8 Å². The fourth-order valence-electron chi connectivity index (χ4n) is 2.69. The van der Waals surface area contributed by atoms with Crippen molar-refractivity contribution in [3.8, 4) is 17.2 Å². The van der Waals surface area contributed by atoms with Gasteiger partial charge in [0.1, 0.15) is 6.61 Å². The molecule has 0 amide bonds. The van der Waals surface area contributed by atoms with Gasteiger partial charge in [0.2, 0.25) is 0 Å². The van der Waals surface area contributed by atoms with E-state index in [0.717, 1.165) is 12.2 Å². The zero-order chi connectivity index (χ0) is 19.8. The van der Waals surface area contributed by atoms with Crippen LogP contribution < -0.4 is 15.0 Å². The minimum atomic E-state index is -0.182. The predicted molar refractivity (Wildman–Crippen MR) is 110 cm³/mol. The number of thioether (sulfide) groups is 1. The highest BCUT2D eigenvalue weighted by molar-refractivity contribution is 7.99. The van der Waals surface area contributed by atoms with E-state index in [2.05, 4.69) is 17.1 Å². The van der Waals surface area contributed by atoms with Crippen LogP contribution in [0.1, 0.15) is 5.56 Å². The summed E-state index contributed by atoms with van der Waals surface area (Å²) >= 11 is 1.44. The van der Waals surface area contributed by atoms with Crippen molar-refractivity contribution in [1.29, 1.82) is 0 Å². The highest BCUT2D eigenvalue weighted by Gasteiger charge is 2.11. The van der Waals surface area contributed by atoms with Crippen LogP contribution in [0.15, 0.2) is 70.7 Å². The molecule has 0 fully saturated rings. The molecule has 0 radical (unpaired) electrons. The monoisotopic (exact) mass is 398 g/mol. The van der Waals surface area contributed by atoms with E-state index >= 15 is 0 Å². The molecule has 1 aromatic heterocycles.